The molecule has 0 unspecified atom stereocenters. The van der Waals surface area contributed by atoms with Crippen molar-refractivity contribution in [1.82, 2.24) is 4.90 Å². The zero-order valence-corrected chi connectivity index (χ0v) is 14.4. The molecule has 1 amide bonds. The molecule has 1 saturated heterocycles. The van der Waals surface area contributed by atoms with E-state index in [4.69, 9.17) is 4.74 Å². The molecule has 0 aliphatic carbocycles. The monoisotopic (exact) mass is 285 g/mol. The van der Waals surface area contributed by atoms with Crippen molar-refractivity contribution in [2.75, 3.05) is 13.1 Å². The second kappa shape index (κ2) is 6.65. The molecule has 1 aliphatic rings. The molecule has 5 nitrogen and oxygen atoms in total. The Labute approximate surface area is 148 Å². The van der Waals surface area contributed by atoms with Gasteiger partial charge in [0.15, 0.2) is 5.67 Å². The van der Waals surface area contributed by atoms with Crippen molar-refractivity contribution < 1.29 is 75.2 Å². The van der Waals surface area contributed by atoms with Crippen molar-refractivity contribution in [3.8, 4) is 0 Å². The molecule has 1 rings (SSSR count). The number of alkyl halides is 1. The maximum absolute atomic E-state index is 13.6. The molecule has 0 aromatic rings. The van der Waals surface area contributed by atoms with Crippen LogP contribution in [0.3, 0.4) is 0 Å². The molecular formula is C11H17FKNO4. The number of aliphatic carboxylic acids is 1. The molecule has 1 heterocycles. The van der Waals surface area contributed by atoms with Crippen LogP contribution in [0.1, 0.15) is 33.6 Å². The second-order valence-electron chi connectivity index (χ2n) is 5.22. The first kappa shape index (κ1) is 18.3. The van der Waals surface area contributed by atoms with Crippen LogP contribution in [0.25, 0.3) is 0 Å². The summed E-state index contributed by atoms with van der Waals surface area (Å²) in [4.78, 5) is 23.5. The van der Waals surface area contributed by atoms with Crippen molar-refractivity contribution in [1.29, 1.82) is 0 Å². The predicted octanol–water partition coefficient (Wildman–Crippen LogP) is -2.52. The quantitative estimate of drug-likeness (QED) is 0.499. The number of piperidine rings is 1. The van der Waals surface area contributed by atoms with Gasteiger partial charge in [-0.1, -0.05) is 0 Å². The van der Waals surface area contributed by atoms with Gasteiger partial charge in [0, 0.05) is 25.9 Å². The Hall–Kier alpha value is 0.306. The normalized spacial score (nSPS) is 18.8. The zero-order chi connectivity index (χ0) is 13.3. The van der Waals surface area contributed by atoms with E-state index >= 15 is 0 Å². The van der Waals surface area contributed by atoms with Crippen LogP contribution in [0.2, 0.25) is 0 Å². The van der Waals surface area contributed by atoms with Gasteiger partial charge in [-0.25, -0.2) is 9.18 Å². The summed E-state index contributed by atoms with van der Waals surface area (Å²) in [6.07, 6.45) is -1.05. The Balaban J connectivity index is 0.00000289. The number of carbonyl (C=O) groups excluding carboxylic acids is 2. The van der Waals surface area contributed by atoms with Crippen LogP contribution in [0, 0.1) is 0 Å². The van der Waals surface area contributed by atoms with Gasteiger partial charge in [0.05, 0.1) is 5.97 Å². The van der Waals surface area contributed by atoms with Crippen molar-refractivity contribution in [3.05, 3.63) is 0 Å². The third-order valence-electron chi connectivity index (χ3n) is 2.57. The van der Waals surface area contributed by atoms with E-state index in [0.29, 0.717) is 0 Å². The molecule has 0 aromatic carbocycles. The van der Waals surface area contributed by atoms with Crippen LogP contribution in [0.4, 0.5) is 9.18 Å². The molecule has 98 valence electrons. The number of carboxylic acids is 1. The van der Waals surface area contributed by atoms with E-state index < -0.39 is 23.3 Å². The number of halogens is 1. The SMILES string of the molecule is CC(C)(C)OC(=O)N1CCC(F)(C(=O)[O-])CC1.[K+]. The molecule has 18 heavy (non-hydrogen) atoms. The van der Waals surface area contributed by atoms with Crippen LogP contribution in [-0.2, 0) is 9.53 Å². The molecular weight excluding hydrogens is 268 g/mol. The fraction of sp³-hybridized carbons (Fsp3) is 0.818. The molecule has 0 radical (unpaired) electrons. The first-order valence-electron chi connectivity index (χ1n) is 5.52. The second-order valence-corrected chi connectivity index (χ2v) is 5.22. The van der Waals surface area contributed by atoms with Gasteiger partial charge in [-0.2, -0.15) is 0 Å². The molecule has 7 heteroatoms. The van der Waals surface area contributed by atoms with Crippen LogP contribution >= 0.6 is 0 Å². The van der Waals surface area contributed by atoms with Gasteiger partial charge < -0.3 is 19.5 Å². The number of amides is 1. The van der Waals surface area contributed by atoms with Gasteiger partial charge >= 0.3 is 57.5 Å². The summed E-state index contributed by atoms with van der Waals surface area (Å²) in [5, 5.41) is 10.6. The first-order valence-corrected chi connectivity index (χ1v) is 5.52. The number of likely N-dealkylation sites (tertiary alicyclic amines) is 1. The summed E-state index contributed by atoms with van der Waals surface area (Å²) < 4.78 is 18.7. The number of carbonyl (C=O) groups is 2. The predicted molar refractivity (Wildman–Crippen MR) is 55.9 cm³/mol. The fourth-order valence-electron chi connectivity index (χ4n) is 1.57. The first-order chi connectivity index (χ1) is 7.64. The van der Waals surface area contributed by atoms with E-state index in [1.165, 1.54) is 4.90 Å². The third-order valence-corrected chi connectivity index (χ3v) is 2.57. The number of hydrogen-bond acceptors (Lipinski definition) is 4. The Morgan fingerprint density at radius 1 is 1.28 bits per heavy atom. The number of rotatable bonds is 1. The van der Waals surface area contributed by atoms with Crippen LogP contribution in [0.15, 0.2) is 0 Å². The van der Waals surface area contributed by atoms with E-state index in [1.54, 1.807) is 20.8 Å². The van der Waals surface area contributed by atoms with Crippen molar-refractivity contribution >= 4 is 12.1 Å². The van der Waals surface area contributed by atoms with Gasteiger partial charge in [-0.15, -0.1) is 0 Å². The van der Waals surface area contributed by atoms with E-state index in [9.17, 15) is 19.1 Å². The topological polar surface area (TPSA) is 69.7 Å². The molecule has 0 atom stereocenters. The van der Waals surface area contributed by atoms with Crippen LogP contribution in [-0.4, -0.2) is 41.3 Å². The van der Waals surface area contributed by atoms with Gasteiger partial charge in [0.25, 0.3) is 0 Å². The van der Waals surface area contributed by atoms with Crippen LogP contribution in [0.5, 0.6) is 0 Å². The van der Waals surface area contributed by atoms with E-state index in [-0.39, 0.29) is 77.3 Å². The Kier molecular flexibility index (Phi) is 6.76. The summed E-state index contributed by atoms with van der Waals surface area (Å²) in [6.45, 7) is 5.25. The van der Waals surface area contributed by atoms with Crippen molar-refractivity contribution in [2.45, 2.75) is 44.9 Å². The Morgan fingerprint density at radius 2 is 1.72 bits per heavy atom. The minimum absolute atomic E-state index is 0. The maximum atomic E-state index is 13.6. The summed E-state index contributed by atoms with van der Waals surface area (Å²) in [7, 11) is 0. The largest absolute Gasteiger partial charge is 1.00 e. The minimum atomic E-state index is -2.32. The van der Waals surface area contributed by atoms with Crippen molar-refractivity contribution in [3.63, 3.8) is 0 Å². The summed E-state index contributed by atoms with van der Waals surface area (Å²) in [5.74, 6) is -1.71. The minimum Gasteiger partial charge on any atom is -0.547 e. The number of hydrogen-bond donors (Lipinski definition) is 0. The molecule has 1 fully saturated rings. The summed E-state index contributed by atoms with van der Waals surface area (Å²) in [6, 6.07) is 0. The van der Waals surface area contributed by atoms with E-state index in [0.717, 1.165) is 0 Å². The van der Waals surface area contributed by atoms with Gasteiger partial charge in [0.2, 0.25) is 0 Å². The van der Waals surface area contributed by atoms with Gasteiger partial charge in [-0.3, -0.25) is 0 Å². The molecule has 0 N–H and O–H groups in total. The standard InChI is InChI=1S/C11H18FNO4.K/c1-10(2,3)17-9(16)13-6-4-11(12,5-7-13)8(14)15;/h4-7H2,1-3H3,(H,14,15);/q;+1/p-1. The fourth-order valence-corrected chi connectivity index (χ4v) is 1.57. The summed E-state index contributed by atoms with van der Waals surface area (Å²) >= 11 is 0. The summed E-state index contributed by atoms with van der Waals surface area (Å²) in [5.41, 5.74) is -2.94. The Morgan fingerprint density at radius 3 is 2.06 bits per heavy atom. The number of carboxylic acid groups (broad SMARTS) is 1. The van der Waals surface area contributed by atoms with Crippen molar-refractivity contribution in [2.24, 2.45) is 0 Å². The third kappa shape index (κ3) is 5.12. The average Bonchev–Trinajstić information content (AvgIpc) is 2.15. The molecule has 0 bridgehead atoms. The van der Waals surface area contributed by atoms with Gasteiger partial charge in [0.1, 0.15) is 5.60 Å². The van der Waals surface area contributed by atoms with Gasteiger partial charge in [-0.05, 0) is 20.8 Å². The molecule has 0 saturated carbocycles. The molecule has 0 spiro atoms. The van der Waals surface area contributed by atoms with E-state index in [2.05, 4.69) is 0 Å². The Bertz CT molecular complexity index is 321. The average molecular weight is 285 g/mol. The maximum Gasteiger partial charge on any atom is 1.00 e. The van der Waals surface area contributed by atoms with Crippen LogP contribution < -0.4 is 56.5 Å². The molecule has 1 aliphatic heterocycles. The number of ether oxygens (including phenoxy) is 1. The zero-order valence-electron chi connectivity index (χ0n) is 11.3. The smallest absolute Gasteiger partial charge is 0.547 e. The van der Waals surface area contributed by atoms with E-state index in [1.807, 2.05) is 0 Å². The number of nitrogens with zero attached hydrogens (tertiary/aromatic N) is 1. The molecule has 0 aromatic heterocycles.